The van der Waals surface area contributed by atoms with Gasteiger partial charge in [0.15, 0.2) is 5.82 Å². The van der Waals surface area contributed by atoms with Gasteiger partial charge >= 0.3 is 0 Å². The molecule has 0 saturated heterocycles. The summed E-state index contributed by atoms with van der Waals surface area (Å²) in [5.41, 5.74) is 3.21. The Hall–Kier alpha value is -2.43. The van der Waals surface area contributed by atoms with Gasteiger partial charge in [0.2, 0.25) is 0 Å². The number of rotatable bonds is 3. The molecule has 1 aliphatic rings. The average Bonchev–Trinajstić information content (AvgIpc) is 2.97. The van der Waals surface area contributed by atoms with E-state index in [1.165, 1.54) is 12.8 Å². The second-order valence-electron chi connectivity index (χ2n) is 4.89. The highest BCUT2D eigenvalue weighted by atomic mass is 15.2. The molecule has 1 fully saturated rings. The van der Waals surface area contributed by atoms with E-state index in [9.17, 15) is 0 Å². The van der Waals surface area contributed by atoms with Crippen LogP contribution in [0.5, 0.6) is 0 Å². The van der Waals surface area contributed by atoms with Crippen LogP contribution in [0.4, 0.5) is 0 Å². The Morgan fingerprint density at radius 1 is 1.11 bits per heavy atom. The van der Waals surface area contributed by atoms with Gasteiger partial charge in [-0.05, 0) is 24.5 Å². The lowest BCUT2D eigenvalue weighted by Gasteiger charge is -1.99. The maximum absolute atomic E-state index is 4.57. The number of benzene rings is 1. The molecule has 0 spiro atoms. The van der Waals surface area contributed by atoms with Crippen molar-refractivity contribution in [2.45, 2.75) is 18.8 Å². The summed E-state index contributed by atoms with van der Waals surface area (Å²) in [6, 6.07) is 8.20. The van der Waals surface area contributed by atoms with Gasteiger partial charge in [0, 0.05) is 23.2 Å². The summed E-state index contributed by atoms with van der Waals surface area (Å²) in [5, 5.41) is 14.2. The standard InChI is InChI=1S/C14H13N5/c1-2-10(12-7-15-16-8-12)6-11(3-1)14-17-13(18-19-14)9-4-5-9/h1-3,6-9H,4-5H2,(H,15,16)(H,17,18,19). The predicted octanol–water partition coefficient (Wildman–Crippen LogP) is 2.74. The van der Waals surface area contributed by atoms with Crippen molar-refractivity contribution in [2.75, 3.05) is 0 Å². The first-order valence-corrected chi connectivity index (χ1v) is 6.42. The molecule has 5 nitrogen and oxygen atoms in total. The van der Waals surface area contributed by atoms with E-state index in [1.807, 2.05) is 24.5 Å². The van der Waals surface area contributed by atoms with Crippen molar-refractivity contribution in [1.29, 1.82) is 0 Å². The highest BCUT2D eigenvalue weighted by molar-refractivity contribution is 5.69. The molecule has 0 aliphatic heterocycles. The molecule has 2 N–H and O–H groups in total. The van der Waals surface area contributed by atoms with Crippen molar-refractivity contribution >= 4 is 0 Å². The van der Waals surface area contributed by atoms with Crippen LogP contribution in [0.1, 0.15) is 24.6 Å². The fourth-order valence-electron chi connectivity index (χ4n) is 2.19. The number of hydrogen-bond donors (Lipinski definition) is 2. The number of nitrogens with one attached hydrogen (secondary N) is 2. The highest BCUT2D eigenvalue weighted by Gasteiger charge is 2.27. The number of aromatic amines is 2. The van der Waals surface area contributed by atoms with Gasteiger partial charge in [0.1, 0.15) is 5.82 Å². The van der Waals surface area contributed by atoms with E-state index in [0.29, 0.717) is 5.92 Å². The normalized spacial score (nSPS) is 14.7. The zero-order valence-electron chi connectivity index (χ0n) is 10.3. The van der Waals surface area contributed by atoms with Crippen molar-refractivity contribution in [3.05, 3.63) is 42.5 Å². The van der Waals surface area contributed by atoms with E-state index in [2.05, 4.69) is 37.5 Å². The second kappa shape index (κ2) is 4.05. The summed E-state index contributed by atoms with van der Waals surface area (Å²) < 4.78 is 0. The van der Waals surface area contributed by atoms with E-state index < -0.39 is 0 Å². The summed E-state index contributed by atoms with van der Waals surface area (Å²) in [7, 11) is 0. The molecule has 1 aromatic carbocycles. The van der Waals surface area contributed by atoms with Crippen LogP contribution < -0.4 is 0 Å². The zero-order valence-corrected chi connectivity index (χ0v) is 10.3. The minimum atomic E-state index is 0.596. The summed E-state index contributed by atoms with van der Waals surface area (Å²) >= 11 is 0. The van der Waals surface area contributed by atoms with Gasteiger partial charge in [0.05, 0.1) is 6.20 Å². The molecule has 0 radical (unpaired) electrons. The SMILES string of the molecule is c1cc(-c2cn[nH]c2)cc(-c2n[nH]c(C3CC3)n2)c1. The van der Waals surface area contributed by atoms with Gasteiger partial charge < -0.3 is 0 Å². The molecule has 94 valence electrons. The summed E-state index contributed by atoms with van der Waals surface area (Å²) in [6.07, 6.45) is 6.15. The first-order chi connectivity index (χ1) is 9.40. The Kier molecular flexibility index (Phi) is 2.24. The average molecular weight is 251 g/mol. The maximum Gasteiger partial charge on any atom is 0.181 e. The quantitative estimate of drug-likeness (QED) is 0.752. The third-order valence-electron chi connectivity index (χ3n) is 3.42. The number of H-pyrrole nitrogens is 2. The van der Waals surface area contributed by atoms with E-state index in [-0.39, 0.29) is 0 Å². The fourth-order valence-corrected chi connectivity index (χ4v) is 2.19. The molecule has 0 amide bonds. The van der Waals surface area contributed by atoms with E-state index >= 15 is 0 Å². The highest BCUT2D eigenvalue weighted by Crippen LogP contribution is 2.38. The van der Waals surface area contributed by atoms with Gasteiger partial charge in [0.25, 0.3) is 0 Å². The van der Waals surface area contributed by atoms with E-state index in [4.69, 9.17) is 0 Å². The molecule has 2 aromatic heterocycles. The molecule has 4 rings (SSSR count). The molecule has 3 aromatic rings. The molecule has 1 aliphatic carbocycles. The molecule has 1 saturated carbocycles. The Balaban J connectivity index is 1.72. The minimum Gasteiger partial charge on any atom is -0.285 e. The summed E-state index contributed by atoms with van der Waals surface area (Å²) in [4.78, 5) is 4.57. The first kappa shape index (κ1) is 10.5. The van der Waals surface area contributed by atoms with E-state index in [0.717, 1.165) is 28.3 Å². The maximum atomic E-state index is 4.57. The monoisotopic (exact) mass is 251 g/mol. The third kappa shape index (κ3) is 1.93. The van der Waals surface area contributed by atoms with Gasteiger partial charge in [-0.25, -0.2) is 4.98 Å². The number of aromatic nitrogens is 5. The van der Waals surface area contributed by atoms with Crippen molar-refractivity contribution in [1.82, 2.24) is 25.4 Å². The van der Waals surface area contributed by atoms with Crippen LogP contribution in [0.15, 0.2) is 36.7 Å². The lowest BCUT2D eigenvalue weighted by molar-refractivity contribution is 0.935. The molecular weight excluding hydrogens is 238 g/mol. The first-order valence-electron chi connectivity index (χ1n) is 6.42. The molecule has 0 atom stereocenters. The molecule has 0 unspecified atom stereocenters. The zero-order chi connectivity index (χ0) is 12.7. The largest absolute Gasteiger partial charge is 0.285 e. The molecule has 2 heterocycles. The van der Waals surface area contributed by atoms with Crippen LogP contribution in [-0.4, -0.2) is 25.4 Å². The Morgan fingerprint density at radius 3 is 2.79 bits per heavy atom. The van der Waals surface area contributed by atoms with Crippen LogP contribution in [0, 0.1) is 0 Å². The van der Waals surface area contributed by atoms with Crippen molar-refractivity contribution in [3.8, 4) is 22.5 Å². The number of hydrogen-bond acceptors (Lipinski definition) is 3. The predicted molar refractivity (Wildman–Crippen MR) is 71.4 cm³/mol. The Labute approximate surface area is 110 Å². The van der Waals surface area contributed by atoms with Crippen LogP contribution in [0.25, 0.3) is 22.5 Å². The van der Waals surface area contributed by atoms with Gasteiger partial charge in [-0.2, -0.15) is 10.2 Å². The number of nitrogens with zero attached hydrogens (tertiary/aromatic N) is 3. The Morgan fingerprint density at radius 2 is 2.00 bits per heavy atom. The Bertz CT molecular complexity index is 694. The van der Waals surface area contributed by atoms with Crippen molar-refractivity contribution < 1.29 is 0 Å². The third-order valence-corrected chi connectivity index (χ3v) is 3.42. The van der Waals surface area contributed by atoms with Gasteiger partial charge in [-0.3, -0.25) is 10.2 Å². The van der Waals surface area contributed by atoms with E-state index in [1.54, 1.807) is 0 Å². The van der Waals surface area contributed by atoms with Crippen LogP contribution in [0.3, 0.4) is 0 Å². The molecule has 5 heteroatoms. The van der Waals surface area contributed by atoms with Crippen LogP contribution in [0.2, 0.25) is 0 Å². The lowest BCUT2D eigenvalue weighted by Crippen LogP contribution is -1.83. The van der Waals surface area contributed by atoms with Crippen molar-refractivity contribution in [3.63, 3.8) is 0 Å². The summed E-state index contributed by atoms with van der Waals surface area (Å²) in [6.45, 7) is 0. The summed E-state index contributed by atoms with van der Waals surface area (Å²) in [5.74, 6) is 2.38. The molecule has 0 bridgehead atoms. The van der Waals surface area contributed by atoms with Gasteiger partial charge in [-0.15, -0.1) is 0 Å². The fraction of sp³-hybridized carbons (Fsp3) is 0.214. The van der Waals surface area contributed by atoms with Crippen LogP contribution in [-0.2, 0) is 0 Å². The lowest BCUT2D eigenvalue weighted by atomic mass is 10.1. The minimum absolute atomic E-state index is 0.596. The smallest absolute Gasteiger partial charge is 0.181 e. The van der Waals surface area contributed by atoms with Gasteiger partial charge in [-0.1, -0.05) is 18.2 Å². The van der Waals surface area contributed by atoms with Crippen molar-refractivity contribution in [2.24, 2.45) is 0 Å². The molecular formula is C14H13N5. The molecule has 19 heavy (non-hydrogen) atoms. The topological polar surface area (TPSA) is 70.2 Å². The second-order valence-corrected chi connectivity index (χ2v) is 4.89. The van der Waals surface area contributed by atoms with Crippen LogP contribution >= 0.6 is 0 Å².